The van der Waals surface area contributed by atoms with Crippen molar-refractivity contribution < 1.29 is 5.11 Å². The van der Waals surface area contributed by atoms with Gasteiger partial charge in [0.2, 0.25) is 0 Å². The second kappa shape index (κ2) is 6.03. The molecular weight excluding hydrogens is 101 g/mol. The van der Waals surface area contributed by atoms with Crippen molar-refractivity contribution in [2.24, 2.45) is 0 Å². The quantitative estimate of drug-likeness (QED) is 0.279. The molecule has 0 aromatic rings. The summed E-state index contributed by atoms with van der Waals surface area (Å²) in [5, 5.41) is 15.8. The maximum atomic E-state index is 7.95. The Labute approximate surface area is 64.7 Å². The van der Waals surface area contributed by atoms with E-state index in [9.17, 15) is 0 Å². The van der Waals surface area contributed by atoms with E-state index in [-0.39, 0.29) is 29.6 Å². The summed E-state index contributed by atoms with van der Waals surface area (Å²) in [7, 11) is 0. The van der Waals surface area contributed by atoms with Crippen LogP contribution in [0.15, 0.2) is 11.8 Å². The molecule has 0 heterocycles. The Hall–Kier alpha value is 0.0300. The normalized spacial score (nSPS) is 8.86. The molecule has 0 bridgehead atoms. The summed E-state index contributed by atoms with van der Waals surface area (Å²) in [4.78, 5) is 0. The van der Waals surface area contributed by atoms with Crippen molar-refractivity contribution in [2.75, 3.05) is 0 Å². The molecule has 3 heteroatoms. The Balaban J connectivity index is 0. The third-order valence-corrected chi connectivity index (χ3v) is 0.370. The van der Waals surface area contributed by atoms with Crippen molar-refractivity contribution in [3.63, 3.8) is 0 Å². The first kappa shape index (κ1) is 10.1. The summed E-state index contributed by atoms with van der Waals surface area (Å²) in [6.45, 7) is 1.53. The first-order valence-electron chi connectivity index (χ1n) is 1.52. The summed E-state index contributed by atoms with van der Waals surface area (Å²) < 4.78 is 0. The van der Waals surface area contributed by atoms with Crippen LogP contribution in [0.4, 0.5) is 0 Å². The van der Waals surface area contributed by atoms with Crippen LogP contribution >= 0.6 is 0 Å². The monoisotopic (exact) mass is 106 g/mol. The second-order valence-electron chi connectivity index (χ2n) is 0.924. The van der Waals surface area contributed by atoms with E-state index < -0.39 is 0 Å². The van der Waals surface area contributed by atoms with E-state index in [1.165, 1.54) is 6.92 Å². The number of rotatable bonds is 0. The Morgan fingerprint density at radius 1 is 1.86 bits per heavy atom. The molecular formula is C4H5NNaO. The van der Waals surface area contributed by atoms with Gasteiger partial charge in [-0.2, -0.15) is 5.26 Å². The maximum absolute atomic E-state index is 7.95. The first-order chi connectivity index (χ1) is 2.81. The zero-order chi connectivity index (χ0) is 4.99. The fourth-order valence-corrected chi connectivity index (χ4v) is 0.0289. The molecule has 0 atom stereocenters. The van der Waals surface area contributed by atoms with Crippen LogP contribution in [0.25, 0.3) is 0 Å². The Kier molecular flexibility index (Phi) is 8.70. The topological polar surface area (TPSA) is 44.0 Å². The summed E-state index contributed by atoms with van der Waals surface area (Å²) in [5.41, 5.74) is 0.329. The van der Waals surface area contributed by atoms with Gasteiger partial charge in [-0.25, -0.2) is 0 Å². The standard InChI is InChI=1S/C4H5NO.Na/c1-4(2-5)3-6;/h3,6H,1H3;. The molecule has 7 heavy (non-hydrogen) atoms. The molecule has 2 nitrogen and oxygen atoms in total. The maximum Gasteiger partial charge on any atom is 0.0976 e. The van der Waals surface area contributed by atoms with Gasteiger partial charge in [0.1, 0.15) is 0 Å². The molecule has 0 aromatic carbocycles. The van der Waals surface area contributed by atoms with Crippen LogP contribution in [0.3, 0.4) is 0 Å². The van der Waals surface area contributed by atoms with Gasteiger partial charge in [-0.15, -0.1) is 0 Å². The number of hydrogen-bond donors (Lipinski definition) is 1. The van der Waals surface area contributed by atoms with Gasteiger partial charge in [0.15, 0.2) is 0 Å². The molecule has 0 spiro atoms. The molecule has 0 fully saturated rings. The largest absolute Gasteiger partial charge is 0.515 e. The van der Waals surface area contributed by atoms with Gasteiger partial charge in [0.25, 0.3) is 0 Å². The molecule has 0 saturated carbocycles. The molecule has 33 valence electrons. The van der Waals surface area contributed by atoms with E-state index in [1.807, 2.05) is 0 Å². The smallest absolute Gasteiger partial charge is 0.0976 e. The molecule has 0 saturated heterocycles. The van der Waals surface area contributed by atoms with E-state index in [0.29, 0.717) is 5.57 Å². The Morgan fingerprint density at radius 3 is 2.29 bits per heavy atom. The van der Waals surface area contributed by atoms with Crippen LogP contribution < -0.4 is 0 Å². The van der Waals surface area contributed by atoms with Crippen LogP contribution in [0.5, 0.6) is 0 Å². The second-order valence-corrected chi connectivity index (χ2v) is 0.924. The van der Waals surface area contributed by atoms with Crippen LogP contribution in [0.1, 0.15) is 6.92 Å². The van der Waals surface area contributed by atoms with E-state index >= 15 is 0 Å². The molecule has 0 unspecified atom stereocenters. The van der Waals surface area contributed by atoms with E-state index in [0.717, 1.165) is 6.26 Å². The summed E-state index contributed by atoms with van der Waals surface area (Å²) in [6, 6.07) is 1.73. The third kappa shape index (κ3) is 6.03. The minimum absolute atomic E-state index is 0. The Bertz CT molecular complexity index is 103. The van der Waals surface area contributed by atoms with Gasteiger partial charge in [-0.05, 0) is 6.92 Å². The predicted molar refractivity (Wildman–Crippen MR) is 27.8 cm³/mol. The van der Waals surface area contributed by atoms with Crippen molar-refractivity contribution in [3.05, 3.63) is 11.8 Å². The van der Waals surface area contributed by atoms with E-state index in [4.69, 9.17) is 10.4 Å². The molecule has 0 aliphatic carbocycles. The van der Waals surface area contributed by atoms with Gasteiger partial charge < -0.3 is 5.11 Å². The fourth-order valence-electron chi connectivity index (χ4n) is 0.0289. The number of aliphatic hydroxyl groups excluding tert-OH is 1. The van der Waals surface area contributed by atoms with Gasteiger partial charge in [0, 0.05) is 29.6 Å². The number of nitrogens with zero attached hydrogens (tertiary/aromatic N) is 1. The fraction of sp³-hybridized carbons (Fsp3) is 0.250. The van der Waals surface area contributed by atoms with Crippen molar-refractivity contribution in [2.45, 2.75) is 6.92 Å². The number of nitriles is 1. The zero-order valence-electron chi connectivity index (χ0n) is 4.47. The van der Waals surface area contributed by atoms with Gasteiger partial charge in [-0.3, -0.25) is 0 Å². The van der Waals surface area contributed by atoms with Crippen LogP contribution in [-0.4, -0.2) is 34.7 Å². The van der Waals surface area contributed by atoms with E-state index in [1.54, 1.807) is 6.07 Å². The zero-order valence-corrected chi connectivity index (χ0v) is 6.47. The van der Waals surface area contributed by atoms with Crippen molar-refractivity contribution >= 4 is 29.6 Å². The van der Waals surface area contributed by atoms with Crippen LogP contribution in [0.2, 0.25) is 0 Å². The molecule has 0 aliphatic rings. The molecule has 1 N–H and O–H groups in total. The minimum atomic E-state index is 0. The Morgan fingerprint density at radius 2 is 2.29 bits per heavy atom. The van der Waals surface area contributed by atoms with Gasteiger partial charge in [-0.1, -0.05) is 0 Å². The van der Waals surface area contributed by atoms with Crippen molar-refractivity contribution in [3.8, 4) is 6.07 Å². The van der Waals surface area contributed by atoms with Gasteiger partial charge in [0.05, 0.1) is 17.9 Å². The first-order valence-corrected chi connectivity index (χ1v) is 1.52. The number of aliphatic hydroxyl groups is 1. The number of hydrogen-bond acceptors (Lipinski definition) is 2. The average molecular weight is 106 g/mol. The number of allylic oxidation sites excluding steroid dienone is 1. The van der Waals surface area contributed by atoms with Crippen molar-refractivity contribution in [1.29, 1.82) is 5.26 Å². The summed E-state index contributed by atoms with van der Waals surface area (Å²) >= 11 is 0. The summed E-state index contributed by atoms with van der Waals surface area (Å²) in [6.07, 6.45) is 0.778. The minimum Gasteiger partial charge on any atom is -0.515 e. The summed E-state index contributed by atoms with van der Waals surface area (Å²) in [5.74, 6) is 0. The molecule has 1 radical (unpaired) electrons. The predicted octanol–water partition coefficient (Wildman–Crippen LogP) is 0.591. The van der Waals surface area contributed by atoms with Gasteiger partial charge >= 0.3 is 0 Å². The van der Waals surface area contributed by atoms with Crippen LogP contribution in [0, 0.1) is 11.3 Å². The SMILES string of the molecule is CC(C#N)=CO.[Na]. The van der Waals surface area contributed by atoms with Crippen LogP contribution in [-0.2, 0) is 0 Å². The van der Waals surface area contributed by atoms with Crippen molar-refractivity contribution in [1.82, 2.24) is 0 Å². The average Bonchev–Trinajstić information content (AvgIpc) is 1.65. The molecule has 0 aromatic heterocycles. The molecule has 0 amide bonds. The molecule has 0 rings (SSSR count). The van der Waals surface area contributed by atoms with E-state index in [2.05, 4.69) is 0 Å². The molecule has 0 aliphatic heterocycles. The third-order valence-electron chi connectivity index (χ3n) is 0.370.